The van der Waals surface area contributed by atoms with Gasteiger partial charge in [-0.3, -0.25) is 0 Å². The third-order valence-corrected chi connectivity index (χ3v) is 1.55. The maximum absolute atomic E-state index is 6.98. The van der Waals surface area contributed by atoms with Crippen molar-refractivity contribution in [1.29, 1.82) is 0 Å². The normalized spacial score (nSPS) is 11.4. The Morgan fingerprint density at radius 2 is 2.47 bits per heavy atom. The highest BCUT2D eigenvalue weighted by atomic mass is 16.5. The van der Waals surface area contributed by atoms with Crippen LogP contribution in [0, 0.1) is 11.8 Å². The fraction of sp³-hybridized carbons (Fsp3) is 0.364. The van der Waals surface area contributed by atoms with E-state index >= 15 is 0 Å². The minimum Gasteiger partial charge on any atom is -0.469 e. The predicted octanol–water partition coefficient (Wildman–Crippen LogP) is -0.116. The van der Waals surface area contributed by atoms with Crippen LogP contribution in [0.15, 0.2) is 18.3 Å². The Morgan fingerprint density at radius 1 is 1.67 bits per heavy atom. The zero-order valence-corrected chi connectivity index (χ0v) is 8.66. The molecule has 1 rings (SSSR count). The third kappa shape index (κ3) is 3.98. The first-order valence-corrected chi connectivity index (χ1v) is 4.73. The molecule has 0 saturated carbocycles. The van der Waals surface area contributed by atoms with Crippen molar-refractivity contribution in [1.82, 2.24) is 4.98 Å². The Hall–Kier alpha value is -1.57. The second-order valence-corrected chi connectivity index (χ2v) is 3.01. The van der Waals surface area contributed by atoms with Crippen LogP contribution in [-0.4, -0.2) is 29.3 Å². The summed E-state index contributed by atoms with van der Waals surface area (Å²) in [6, 6.07) is 3.44. The molecule has 80 valence electrons. The molecule has 0 spiro atoms. The number of nitrogens with zero attached hydrogens (tertiary/aromatic N) is 1. The molecule has 4 nitrogen and oxygen atoms in total. The van der Waals surface area contributed by atoms with Gasteiger partial charge in [0.1, 0.15) is 0 Å². The molecule has 0 unspecified atom stereocenters. The minimum atomic E-state index is -0.172. The Balaban J connectivity index is 2.83. The summed E-state index contributed by atoms with van der Waals surface area (Å²) in [5.41, 5.74) is 6.24. The van der Waals surface area contributed by atoms with Crippen molar-refractivity contribution in [3.63, 3.8) is 0 Å². The van der Waals surface area contributed by atoms with Gasteiger partial charge in [0.25, 0.3) is 0 Å². The van der Waals surface area contributed by atoms with Gasteiger partial charge in [-0.2, -0.15) is 0 Å². The molecule has 4 heteroatoms. The summed E-state index contributed by atoms with van der Waals surface area (Å²) in [5, 5.41) is 6.98. The van der Waals surface area contributed by atoms with Gasteiger partial charge in [-0.25, -0.2) is 4.98 Å². The van der Waals surface area contributed by atoms with Crippen LogP contribution in [0.4, 0.5) is 0 Å². The van der Waals surface area contributed by atoms with E-state index in [1.807, 2.05) is 13.0 Å². The first-order valence-electron chi connectivity index (χ1n) is 4.73. The Bertz CT molecular complexity index is 366. The molecule has 0 aliphatic heterocycles. The zero-order valence-electron chi connectivity index (χ0n) is 8.66. The van der Waals surface area contributed by atoms with Crippen molar-refractivity contribution < 1.29 is 9.84 Å². The lowest BCUT2D eigenvalue weighted by atomic mass is 10.2. The van der Waals surface area contributed by atoms with Crippen molar-refractivity contribution in [2.45, 2.75) is 13.0 Å². The summed E-state index contributed by atoms with van der Waals surface area (Å²) in [6.45, 7) is 2.34. The third-order valence-electron chi connectivity index (χ3n) is 1.55. The van der Waals surface area contributed by atoms with Crippen LogP contribution in [-0.2, 0) is 0 Å². The van der Waals surface area contributed by atoms with Crippen LogP contribution < -0.4 is 10.5 Å². The highest BCUT2D eigenvalue weighted by Gasteiger charge is 2.01. The van der Waals surface area contributed by atoms with Gasteiger partial charge < -0.3 is 15.6 Å². The molecular weight excluding hydrogens is 192 g/mol. The molecule has 1 aromatic rings. The van der Waals surface area contributed by atoms with E-state index in [0.29, 0.717) is 18.1 Å². The summed E-state index contributed by atoms with van der Waals surface area (Å²) < 4.78 is 5.28. The number of nitrogens with two attached hydrogens (primary N) is 1. The highest BCUT2D eigenvalue weighted by molar-refractivity contribution is 5.42. The average Bonchev–Trinajstić information content (AvgIpc) is 2.24. The van der Waals surface area contributed by atoms with Gasteiger partial charge in [-0.05, 0) is 19.1 Å². The van der Waals surface area contributed by atoms with Crippen molar-refractivity contribution in [3.8, 4) is 17.7 Å². The predicted molar refractivity (Wildman–Crippen MR) is 58.7 cm³/mol. The number of ether oxygens (including phenoxy) is 1. The fourth-order valence-electron chi connectivity index (χ4n) is 0.940. The molecule has 0 radical (unpaired) electrons. The second-order valence-electron chi connectivity index (χ2n) is 3.01. The molecule has 0 fully saturated rings. The van der Waals surface area contributed by atoms with Gasteiger partial charge in [0, 0.05) is 6.20 Å². The minimum absolute atomic E-state index is 0.172. The lowest BCUT2D eigenvalue weighted by molar-refractivity contribution is 0.196. The van der Waals surface area contributed by atoms with Crippen LogP contribution in [0.5, 0.6) is 5.88 Å². The van der Waals surface area contributed by atoms with Gasteiger partial charge >= 0.3 is 0 Å². The smallest absolute Gasteiger partial charge is 0.229 e. The summed E-state index contributed by atoms with van der Waals surface area (Å²) in [7, 11) is 0. The molecule has 4 N–H and O–H groups in total. The number of hydrogen-bond acceptors (Lipinski definition) is 3. The molecule has 0 amide bonds. The monoisotopic (exact) mass is 207 g/mol. The van der Waals surface area contributed by atoms with E-state index in [1.54, 1.807) is 12.3 Å². The van der Waals surface area contributed by atoms with Crippen LogP contribution in [0.1, 0.15) is 12.5 Å². The van der Waals surface area contributed by atoms with Gasteiger partial charge in [0.2, 0.25) is 5.88 Å². The number of hydrogen-bond donors (Lipinski definition) is 1. The van der Waals surface area contributed by atoms with Crippen molar-refractivity contribution in [2.75, 3.05) is 13.2 Å². The van der Waals surface area contributed by atoms with E-state index in [2.05, 4.69) is 16.8 Å². The number of pyridine rings is 1. The van der Waals surface area contributed by atoms with E-state index in [-0.39, 0.29) is 12.6 Å². The first-order chi connectivity index (χ1) is 7.24. The lowest BCUT2D eigenvalue weighted by Gasteiger charge is -2.03. The van der Waals surface area contributed by atoms with Crippen molar-refractivity contribution >= 4 is 0 Å². The summed E-state index contributed by atoms with van der Waals surface area (Å²) >= 11 is 0. The summed E-state index contributed by atoms with van der Waals surface area (Å²) in [5.74, 6) is 6.21. The molecule has 0 aromatic carbocycles. The SMILES string of the molecule is C[C@@H](N)C#Cc1cccnc1OCC[OH2+]. The van der Waals surface area contributed by atoms with Crippen molar-refractivity contribution in [2.24, 2.45) is 5.73 Å². The average molecular weight is 207 g/mol. The van der Waals surface area contributed by atoms with E-state index in [9.17, 15) is 0 Å². The molecule has 0 aliphatic rings. The van der Waals surface area contributed by atoms with Gasteiger partial charge in [0.05, 0.1) is 11.6 Å². The summed E-state index contributed by atoms with van der Waals surface area (Å²) in [4.78, 5) is 4.05. The molecule has 0 saturated heterocycles. The largest absolute Gasteiger partial charge is 0.469 e. The molecule has 1 aromatic heterocycles. The topological polar surface area (TPSA) is 71.0 Å². The summed E-state index contributed by atoms with van der Waals surface area (Å²) in [6.07, 6.45) is 1.64. The maximum atomic E-state index is 6.98. The zero-order chi connectivity index (χ0) is 11.1. The Labute approximate surface area is 89.1 Å². The fourth-order valence-corrected chi connectivity index (χ4v) is 0.940. The number of aromatic nitrogens is 1. The highest BCUT2D eigenvalue weighted by Crippen LogP contribution is 2.12. The lowest BCUT2D eigenvalue weighted by Crippen LogP contribution is -2.11. The van der Waals surface area contributed by atoms with Crippen LogP contribution >= 0.6 is 0 Å². The first kappa shape index (κ1) is 11.5. The van der Waals surface area contributed by atoms with Gasteiger partial charge in [-0.15, -0.1) is 0 Å². The second kappa shape index (κ2) is 6.02. The molecule has 15 heavy (non-hydrogen) atoms. The van der Waals surface area contributed by atoms with E-state index in [0.717, 1.165) is 0 Å². The van der Waals surface area contributed by atoms with E-state index in [4.69, 9.17) is 15.6 Å². The van der Waals surface area contributed by atoms with Crippen molar-refractivity contribution in [3.05, 3.63) is 23.9 Å². The van der Waals surface area contributed by atoms with Gasteiger partial charge in [-0.1, -0.05) is 11.8 Å². The molecule has 1 heterocycles. The van der Waals surface area contributed by atoms with E-state index < -0.39 is 0 Å². The standard InChI is InChI=1S/C11H14N2O2/c1-9(12)4-5-10-3-2-6-13-11(10)15-8-7-14/h2-3,6,9,14H,7-8,12H2,1H3/p+1/t9-/m1/s1. The molecule has 1 atom stereocenters. The quantitative estimate of drug-likeness (QED) is 0.555. The maximum Gasteiger partial charge on any atom is 0.229 e. The molecule has 0 bridgehead atoms. The molecule has 0 aliphatic carbocycles. The van der Waals surface area contributed by atoms with Crippen LogP contribution in [0.25, 0.3) is 0 Å². The van der Waals surface area contributed by atoms with Gasteiger partial charge in [0.15, 0.2) is 13.2 Å². The van der Waals surface area contributed by atoms with Crippen LogP contribution in [0.3, 0.4) is 0 Å². The Kier molecular flexibility index (Phi) is 4.61. The molecular formula is C11H15N2O2+. The van der Waals surface area contributed by atoms with Crippen LogP contribution in [0.2, 0.25) is 0 Å². The van der Waals surface area contributed by atoms with E-state index in [1.165, 1.54) is 0 Å². The Morgan fingerprint density at radius 3 is 3.13 bits per heavy atom. The number of rotatable bonds is 3.